The number of anilines is 3. The molecule has 0 spiro atoms. The second-order valence-electron chi connectivity index (χ2n) is 9.99. The number of ether oxygens (including phenoxy) is 1. The lowest BCUT2D eigenvalue weighted by Crippen LogP contribution is -2.24. The largest absolute Gasteiger partial charge is 0.486 e. The molecule has 0 unspecified atom stereocenters. The Balaban J connectivity index is 1.35. The first-order valence-electron chi connectivity index (χ1n) is 13.5. The highest BCUT2D eigenvalue weighted by Gasteiger charge is 2.20. The van der Waals surface area contributed by atoms with Gasteiger partial charge in [-0.3, -0.25) is 9.78 Å². The number of carbonyl (C=O) groups is 1. The maximum Gasteiger partial charge on any atom is 0.247 e. The summed E-state index contributed by atoms with van der Waals surface area (Å²) in [5.41, 5.74) is 4.15. The smallest absolute Gasteiger partial charge is 0.247 e. The van der Waals surface area contributed by atoms with Crippen molar-refractivity contribution in [3.8, 4) is 5.75 Å². The molecular formula is C31H33ClN6O2. The van der Waals surface area contributed by atoms with E-state index in [2.05, 4.69) is 44.1 Å². The minimum atomic E-state index is -0.254. The van der Waals surface area contributed by atoms with Crippen LogP contribution >= 0.6 is 11.6 Å². The molecule has 206 valence electrons. The van der Waals surface area contributed by atoms with Crippen LogP contribution in [0, 0.1) is 0 Å². The van der Waals surface area contributed by atoms with Crippen molar-refractivity contribution in [2.75, 3.05) is 24.2 Å². The van der Waals surface area contributed by atoms with Crippen LogP contribution in [0.3, 0.4) is 0 Å². The van der Waals surface area contributed by atoms with Gasteiger partial charge in [0, 0.05) is 29.0 Å². The molecule has 1 fully saturated rings. The molecule has 1 aliphatic heterocycles. The lowest BCUT2D eigenvalue weighted by Gasteiger charge is -2.19. The van der Waals surface area contributed by atoms with E-state index in [1.54, 1.807) is 12.3 Å². The average molecular weight is 557 g/mol. The molecule has 9 heteroatoms. The van der Waals surface area contributed by atoms with E-state index in [4.69, 9.17) is 16.3 Å². The Morgan fingerprint density at radius 1 is 1.20 bits per heavy atom. The molecule has 1 amide bonds. The number of hydrogen-bond acceptors (Lipinski definition) is 7. The normalized spacial score (nSPS) is 15.2. The number of carbonyl (C=O) groups excluding carboxylic acids is 1. The van der Waals surface area contributed by atoms with Crippen LogP contribution in [0.15, 0.2) is 73.7 Å². The zero-order chi connectivity index (χ0) is 27.9. The standard InChI is InChI=1S/C31H33ClN6O2/c1-3-30(39)37-27-18-25-28(16-21(27)8-6-10-24-11-7-15-38(24)2)34-20-35-31(25)36-22-12-13-29(26(32)17-22)40-19-23-9-4-5-14-33-23/h3-5,9,12-14,16-18,20,24H,1,6-8,10-11,15,19H2,2H3,(H,37,39)(H,34,35,36)/t24-/m0/s1. The van der Waals surface area contributed by atoms with Gasteiger partial charge in [0.15, 0.2) is 0 Å². The van der Waals surface area contributed by atoms with Crippen LogP contribution in [0.5, 0.6) is 5.75 Å². The molecule has 4 aromatic rings. The first-order valence-corrected chi connectivity index (χ1v) is 13.9. The third-order valence-corrected chi connectivity index (χ3v) is 7.55. The number of benzene rings is 2. The molecule has 5 rings (SSSR count). The highest BCUT2D eigenvalue weighted by Crippen LogP contribution is 2.33. The summed E-state index contributed by atoms with van der Waals surface area (Å²) in [5, 5.41) is 7.58. The molecule has 3 heterocycles. The summed E-state index contributed by atoms with van der Waals surface area (Å²) in [5.74, 6) is 0.917. The minimum absolute atomic E-state index is 0.254. The van der Waals surface area contributed by atoms with Gasteiger partial charge in [0.05, 0.1) is 16.2 Å². The number of fused-ring (bicyclic) bond motifs is 1. The molecule has 1 aliphatic rings. The molecule has 1 atom stereocenters. The van der Waals surface area contributed by atoms with Crippen molar-refractivity contribution in [3.05, 3.63) is 90.0 Å². The van der Waals surface area contributed by atoms with Crippen LogP contribution in [-0.2, 0) is 17.8 Å². The quantitative estimate of drug-likeness (QED) is 0.203. The van der Waals surface area contributed by atoms with Gasteiger partial charge in [-0.2, -0.15) is 0 Å². The molecule has 2 N–H and O–H groups in total. The predicted molar refractivity (Wildman–Crippen MR) is 160 cm³/mol. The Bertz CT molecular complexity index is 1500. The fourth-order valence-corrected chi connectivity index (χ4v) is 5.33. The Morgan fingerprint density at radius 2 is 2.10 bits per heavy atom. The topological polar surface area (TPSA) is 92.3 Å². The van der Waals surface area contributed by atoms with Gasteiger partial charge in [-0.1, -0.05) is 24.2 Å². The van der Waals surface area contributed by atoms with Gasteiger partial charge in [0.25, 0.3) is 0 Å². The van der Waals surface area contributed by atoms with Crippen molar-refractivity contribution in [1.29, 1.82) is 0 Å². The van der Waals surface area contributed by atoms with Crippen molar-refractivity contribution in [1.82, 2.24) is 19.9 Å². The van der Waals surface area contributed by atoms with Gasteiger partial charge >= 0.3 is 0 Å². The lowest BCUT2D eigenvalue weighted by molar-refractivity contribution is -0.111. The molecule has 0 aliphatic carbocycles. The van der Waals surface area contributed by atoms with Gasteiger partial charge < -0.3 is 20.3 Å². The molecule has 2 aromatic heterocycles. The molecular weight excluding hydrogens is 524 g/mol. The molecule has 0 bridgehead atoms. The Hall–Kier alpha value is -4.01. The van der Waals surface area contributed by atoms with Gasteiger partial charge in [-0.05, 0) is 99.8 Å². The average Bonchev–Trinajstić information content (AvgIpc) is 3.38. The zero-order valence-electron chi connectivity index (χ0n) is 22.6. The SMILES string of the molecule is C=CC(=O)Nc1cc2c(Nc3ccc(OCc4ccccn4)c(Cl)c3)ncnc2cc1CCC[C@H]1CCCN1C. The van der Waals surface area contributed by atoms with Crippen molar-refractivity contribution >= 4 is 45.6 Å². The monoisotopic (exact) mass is 556 g/mol. The second-order valence-corrected chi connectivity index (χ2v) is 10.4. The van der Waals surface area contributed by atoms with Crippen LogP contribution in [0.1, 0.15) is 36.9 Å². The molecule has 8 nitrogen and oxygen atoms in total. The third-order valence-electron chi connectivity index (χ3n) is 7.25. The Labute approximate surface area is 239 Å². The number of halogens is 1. The number of aryl methyl sites for hydroxylation is 1. The number of likely N-dealkylation sites (tertiary alicyclic amines) is 1. The Morgan fingerprint density at radius 3 is 2.85 bits per heavy atom. The maximum atomic E-state index is 12.3. The molecule has 0 radical (unpaired) electrons. The van der Waals surface area contributed by atoms with E-state index in [1.807, 2.05) is 42.5 Å². The van der Waals surface area contributed by atoms with Crippen LogP contribution in [0.2, 0.25) is 5.02 Å². The summed E-state index contributed by atoms with van der Waals surface area (Å²) in [7, 11) is 2.20. The van der Waals surface area contributed by atoms with Gasteiger partial charge in [0.1, 0.15) is 24.5 Å². The number of rotatable bonds is 11. The van der Waals surface area contributed by atoms with Gasteiger partial charge in [0.2, 0.25) is 5.91 Å². The Kier molecular flexibility index (Phi) is 8.88. The predicted octanol–water partition coefficient (Wildman–Crippen LogP) is 6.54. The molecule has 2 aromatic carbocycles. The first kappa shape index (κ1) is 27.6. The van der Waals surface area contributed by atoms with Crippen molar-refractivity contribution in [3.63, 3.8) is 0 Å². The summed E-state index contributed by atoms with van der Waals surface area (Å²) >= 11 is 6.53. The van der Waals surface area contributed by atoms with Crippen molar-refractivity contribution < 1.29 is 9.53 Å². The molecule has 1 saturated heterocycles. The maximum absolute atomic E-state index is 12.3. The fraction of sp³-hybridized carbons (Fsp3) is 0.290. The number of pyridine rings is 1. The van der Waals surface area contributed by atoms with E-state index in [-0.39, 0.29) is 5.91 Å². The van der Waals surface area contributed by atoms with E-state index in [9.17, 15) is 4.79 Å². The van der Waals surface area contributed by atoms with E-state index in [1.165, 1.54) is 31.8 Å². The number of aromatic nitrogens is 3. The number of nitrogens with one attached hydrogen (secondary N) is 2. The minimum Gasteiger partial charge on any atom is -0.486 e. The van der Waals surface area contributed by atoms with Crippen LogP contribution in [0.25, 0.3) is 10.9 Å². The van der Waals surface area contributed by atoms with E-state index in [0.29, 0.717) is 29.2 Å². The first-order chi connectivity index (χ1) is 19.5. The second kappa shape index (κ2) is 12.9. The van der Waals surface area contributed by atoms with E-state index >= 15 is 0 Å². The number of nitrogens with zero attached hydrogens (tertiary/aromatic N) is 4. The van der Waals surface area contributed by atoms with Gasteiger partial charge in [-0.15, -0.1) is 0 Å². The number of amides is 1. The summed E-state index contributed by atoms with van der Waals surface area (Å²) in [6.07, 6.45) is 10.1. The number of hydrogen-bond donors (Lipinski definition) is 2. The summed E-state index contributed by atoms with van der Waals surface area (Å²) in [6, 6.07) is 15.8. The van der Waals surface area contributed by atoms with Crippen LogP contribution in [-0.4, -0.2) is 45.4 Å². The van der Waals surface area contributed by atoms with E-state index < -0.39 is 0 Å². The zero-order valence-corrected chi connectivity index (χ0v) is 23.3. The lowest BCUT2D eigenvalue weighted by atomic mass is 10.00. The molecule has 40 heavy (non-hydrogen) atoms. The van der Waals surface area contributed by atoms with E-state index in [0.717, 1.165) is 52.8 Å². The van der Waals surface area contributed by atoms with Crippen molar-refractivity contribution in [2.24, 2.45) is 0 Å². The fourth-order valence-electron chi connectivity index (χ4n) is 5.09. The van der Waals surface area contributed by atoms with Crippen LogP contribution in [0.4, 0.5) is 17.2 Å². The third kappa shape index (κ3) is 6.76. The summed E-state index contributed by atoms with van der Waals surface area (Å²) < 4.78 is 5.85. The highest BCUT2D eigenvalue weighted by molar-refractivity contribution is 6.32. The summed E-state index contributed by atoms with van der Waals surface area (Å²) in [6.45, 7) is 5.10. The van der Waals surface area contributed by atoms with Crippen LogP contribution < -0.4 is 15.4 Å². The highest BCUT2D eigenvalue weighted by atomic mass is 35.5. The van der Waals surface area contributed by atoms with Gasteiger partial charge in [-0.25, -0.2) is 9.97 Å². The van der Waals surface area contributed by atoms with Crippen molar-refractivity contribution in [2.45, 2.75) is 44.8 Å². The molecule has 0 saturated carbocycles. The summed E-state index contributed by atoms with van der Waals surface area (Å²) in [4.78, 5) is 28.0.